The van der Waals surface area contributed by atoms with E-state index >= 15 is 0 Å². The van der Waals surface area contributed by atoms with Crippen molar-refractivity contribution in [3.8, 4) is 10.4 Å². The summed E-state index contributed by atoms with van der Waals surface area (Å²) >= 11 is 1.80. The number of aryl methyl sites for hydroxylation is 1. The van der Waals surface area contributed by atoms with E-state index in [1.807, 2.05) is 33.8 Å². The highest BCUT2D eigenvalue weighted by Crippen LogP contribution is 2.36. The number of alkyl carbamates (subject to hydrolysis) is 1. The van der Waals surface area contributed by atoms with Crippen LogP contribution in [0.5, 0.6) is 0 Å². The molecule has 10 heteroatoms. The van der Waals surface area contributed by atoms with Crippen molar-refractivity contribution in [2.24, 2.45) is 0 Å². The number of amides is 1. The van der Waals surface area contributed by atoms with Crippen LogP contribution in [-0.2, 0) is 11.3 Å². The number of pyridine rings is 1. The van der Waals surface area contributed by atoms with Crippen molar-refractivity contribution < 1.29 is 9.53 Å². The number of anilines is 2. The van der Waals surface area contributed by atoms with E-state index in [0.29, 0.717) is 18.9 Å². The van der Waals surface area contributed by atoms with Gasteiger partial charge in [0.1, 0.15) is 23.1 Å². The van der Waals surface area contributed by atoms with E-state index in [9.17, 15) is 4.79 Å². The molecule has 1 aromatic carbocycles. The topological polar surface area (TPSA) is 95.5 Å². The number of nitrogens with one attached hydrogen (secondary N) is 2. The molecule has 1 fully saturated rings. The zero-order valence-electron chi connectivity index (χ0n) is 24.9. The molecule has 0 radical (unpaired) electrons. The Labute approximate surface area is 246 Å². The second-order valence-electron chi connectivity index (χ2n) is 11.9. The van der Waals surface area contributed by atoms with Crippen LogP contribution in [0.2, 0.25) is 0 Å². The van der Waals surface area contributed by atoms with Gasteiger partial charge in [-0.3, -0.25) is 0 Å². The summed E-state index contributed by atoms with van der Waals surface area (Å²) in [5.41, 5.74) is 2.87. The molecule has 5 rings (SSSR count). The molecule has 9 nitrogen and oxygen atoms in total. The average molecular weight is 574 g/mol. The Morgan fingerprint density at radius 2 is 1.93 bits per heavy atom. The summed E-state index contributed by atoms with van der Waals surface area (Å²) in [6.07, 6.45) is 1.41. The zero-order chi connectivity index (χ0) is 29.3. The first-order chi connectivity index (χ1) is 19.4. The molecule has 3 aromatic heterocycles. The lowest BCUT2D eigenvalue weighted by molar-refractivity contribution is 0.0496. The van der Waals surface area contributed by atoms with E-state index in [1.165, 1.54) is 20.9 Å². The molecule has 4 aromatic rings. The van der Waals surface area contributed by atoms with E-state index in [4.69, 9.17) is 9.72 Å². The van der Waals surface area contributed by atoms with Crippen molar-refractivity contribution >= 4 is 40.0 Å². The maximum atomic E-state index is 12.1. The lowest BCUT2D eigenvalue weighted by Gasteiger charge is -2.40. The second kappa shape index (κ2) is 11.6. The number of benzene rings is 1. The van der Waals surface area contributed by atoms with Gasteiger partial charge in [0.25, 0.3) is 0 Å². The van der Waals surface area contributed by atoms with Gasteiger partial charge in [0, 0.05) is 34.8 Å². The van der Waals surface area contributed by atoms with Gasteiger partial charge in [-0.05, 0) is 78.0 Å². The lowest BCUT2D eigenvalue weighted by atomic mass is 10.1. The van der Waals surface area contributed by atoms with Gasteiger partial charge < -0.3 is 25.2 Å². The highest BCUT2D eigenvalue weighted by Gasteiger charge is 2.31. The molecule has 1 amide bonds. The van der Waals surface area contributed by atoms with Gasteiger partial charge in [0.15, 0.2) is 0 Å². The maximum Gasteiger partial charge on any atom is 0.407 e. The van der Waals surface area contributed by atoms with Gasteiger partial charge >= 0.3 is 6.09 Å². The Balaban J connectivity index is 1.31. The number of fused-ring (bicyclic) bond motifs is 1. The van der Waals surface area contributed by atoms with Crippen molar-refractivity contribution in [3.05, 3.63) is 64.9 Å². The standard InChI is InChI=1S/C31H39N7O2S/c1-19(26-12-13-27(41-26)23-11-9-8-10-21(23)16-37(6)7)33-29-24-14-28(32-15-25(24)34-20(2)35-29)38-17-22(18-38)36-30(39)40-31(3,4)5/h8-15,19,22H,16-18H2,1-7H3,(H,36,39)(H,33,34,35). The summed E-state index contributed by atoms with van der Waals surface area (Å²) in [7, 11) is 4.19. The van der Waals surface area contributed by atoms with Crippen LogP contribution in [0.3, 0.4) is 0 Å². The molecule has 2 N–H and O–H groups in total. The number of nitrogens with zero attached hydrogens (tertiary/aromatic N) is 5. The minimum Gasteiger partial charge on any atom is -0.444 e. The number of rotatable bonds is 8. The average Bonchev–Trinajstić information content (AvgIpc) is 3.35. The summed E-state index contributed by atoms with van der Waals surface area (Å²) in [6.45, 7) is 11.9. The number of carbonyl (C=O) groups excluding carboxylic acids is 1. The fourth-order valence-corrected chi connectivity index (χ4v) is 5.97. The van der Waals surface area contributed by atoms with Crippen LogP contribution in [0.25, 0.3) is 21.3 Å². The normalized spacial score (nSPS) is 14.7. The molecule has 0 aliphatic carbocycles. The van der Waals surface area contributed by atoms with E-state index in [1.54, 1.807) is 17.5 Å². The summed E-state index contributed by atoms with van der Waals surface area (Å²) in [5.74, 6) is 2.31. The smallest absolute Gasteiger partial charge is 0.407 e. The van der Waals surface area contributed by atoms with Crippen molar-refractivity contribution in [3.63, 3.8) is 0 Å². The van der Waals surface area contributed by atoms with Gasteiger partial charge in [-0.1, -0.05) is 24.3 Å². The van der Waals surface area contributed by atoms with Crippen LogP contribution in [0.1, 0.15) is 50.0 Å². The molecule has 216 valence electrons. The van der Waals surface area contributed by atoms with Gasteiger partial charge in [0.2, 0.25) is 0 Å². The highest BCUT2D eigenvalue weighted by molar-refractivity contribution is 7.15. The van der Waals surface area contributed by atoms with E-state index < -0.39 is 11.7 Å². The van der Waals surface area contributed by atoms with E-state index in [2.05, 4.69) is 87.8 Å². The third-order valence-corrected chi connectivity index (χ3v) is 8.08. The molecule has 41 heavy (non-hydrogen) atoms. The van der Waals surface area contributed by atoms with Gasteiger partial charge in [-0.2, -0.15) is 0 Å². The van der Waals surface area contributed by atoms with Crippen LogP contribution in [0, 0.1) is 6.92 Å². The molecule has 1 saturated heterocycles. The number of aromatic nitrogens is 3. The molecular weight excluding hydrogens is 534 g/mol. The first-order valence-electron chi connectivity index (χ1n) is 13.9. The first-order valence-corrected chi connectivity index (χ1v) is 14.7. The predicted octanol–water partition coefficient (Wildman–Crippen LogP) is 6.01. The van der Waals surface area contributed by atoms with Gasteiger partial charge in [0.05, 0.1) is 23.8 Å². The summed E-state index contributed by atoms with van der Waals surface area (Å²) in [5, 5.41) is 7.49. The zero-order valence-corrected chi connectivity index (χ0v) is 25.7. The van der Waals surface area contributed by atoms with Crippen LogP contribution < -0.4 is 15.5 Å². The fourth-order valence-electron chi connectivity index (χ4n) is 4.90. The Morgan fingerprint density at radius 3 is 2.66 bits per heavy atom. The van der Waals surface area contributed by atoms with Crippen molar-refractivity contribution in [2.75, 3.05) is 37.4 Å². The van der Waals surface area contributed by atoms with Crippen LogP contribution in [0.4, 0.5) is 16.4 Å². The van der Waals surface area contributed by atoms with E-state index in [-0.39, 0.29) is 12.1 Å². The molecular formula is C31H39N7O2S. The summed E-state index contributed by atoms with van der Waals surface area (Å²) in [4.78, 5) is 33.0. The molecule has 0 spiro atoms. The summed E-state index contributed by atoms with van der Waals surface area (Å²) in [6, 6.07) is 15.1. The molecule has 1 atom stereocenters. The number of carbonyl (C=O) groups is 1. The summed E-state index contributed by atoms with van der Waals surface area (Å²) < 4.78 is 5.38. The van der Waals surface area contributed by atoms with Crippen molar-refractivity contribution in [1.82, 2.24) is 25.2 Å². The predicted molar refractivity (Wildman–Crippen MR) is 167 cm³/mol. The van der Waals surface area contributed by atoms with Crippen molar-refractivity contribution in [2.45, 2.75) is 58.8 Å². The highest BCUT2D eigenvalue weighted by atomic mass is 32.1. The Kier molecular flexibility index (Phi) is 8.15. The molecule has 0 bridgehead atoms. The third-order valence-electron chi connectivity index (χ3n) is 6.78. The van der Waals surface area contributed by atoms with E-state index in [0.717, 1.165) is 29.1 Å². The third kappa shape index (κ3) is 6.94. The van der Waals surface area contributed by atoms with Crippen LogP contribution >= 0.6 is 11.3 Å². The van der Waals surface area contributed by atoms with Crippen LogP contribution in [0.15, 0.2) is 48.7 Å². The molecule has 1 aliphatic rings. The Morgan fingerprint density at radius 1 is 1.17 bits per heavy atom. The molecule has 1 aliphatic heterocycles. The quantitative estimate of drug-likeness (QED) is 0.265. The Bertz CT molecular complexity index is 1540. The van der Waals surface area contributed by atoms with Crippen molar-refractivity contribution in [1.29, 1.82) is 0 Å². The lowest BCUT2D eigenvalue weighted by Crippen LogP contribution is -2.60. The SMILES string of the molecule is Cc1nc(NC(C)c2ccc(-c3ccccc3CN(C)C)s2)c2cc(N3CC(NC(=O)OC(C)(C)C)C3)ncc2n1. The maximum absolute atomic E-state index is 12.1. The minimum absolute atomic E-state index is 0.0186. The van der Waals surface area contributed by atoms with Gasteiger partial charge in [-0.15, -0.1) is 11.3 Å². The molecule has 1 unspecified atom stereocenters. The number of ether oxygens (including phenoxy) is 1. The largest absolute Gasteiger partial charge is 0.444 e. The first kappa shape index (κ1) is 28.8. The number of hydrogen-bond donors (Lipinski definition) is 2. The number of hydrogen-bond acceptors (Lipinski definition) is 9. The minimum atomic E-state index is -0.521. The molecule has 0 saturated carbocycles. The monoisotopic (exact) mass is 573 g/mol. The fraction of sp³-hybridized carbons (Fsp3) is 0.419. The van der Waals surface area contributed by atoms with Gasteiger partial charge in [-0.25, -0.2) is 19.7 Å². The van der Waals surface area contributed by atoms with Crippen LogP contribution in [-0.4, -0.2) is 64.8 Å². The Hall–Kier alpha value is -3.76. The molecule has 4 heterocycles. The second-order valence-corrected chi connectivity index (χ2v) is 13.0. The number of thiophene rings is 1.